The molecule has 2 rings (SSSR count). The van der Waals surface area contributed by atoms with Gasteiger partial charge in [0.25, 0.3) is 5.91 Å². The zero-order valence-corrected chi connectivity index (χ0v) is 13.8. The number of carbonyl (C=O) groups excluding carboxylic acids is 1. The molecule has 0 saturated carbocycles. The topological polar surface area (TPSA) is 47.3 Å². The fraction of sp³-hybridized carbons (Fsp3) is 0.556. The lowest BCUT2D eigenvalue weighted by molar-refractivity contribution is 0.0639. The van der Waals surface area contributed by atoms with E-state index in [2.05, 4.69) is 43.9 Å². The highest BCUT2D eigenvalue weighted by Gasteiger charge is 2.22. The van der Waals surface area contributed by atoms with Crippen LogP contribution >= 0.6 is 0 Å². The van der Waals surface area contributed by atoms with Gasteiger partial charge < -0.3 is 4.90 Å². The highest BCUT2D eigenvalue weighted by Crippen LogP contribution is 2.22. The Morgan fingerprint density at radius 2 is 1.73 bits per heavy atom. The van der Waals surface area contributed by atoms with E-state index in [4.69, 9.17) is 5.26 Å². The van der Waals surface area contributed by atoms with Crippen molar-refractivity contribution in [1.82, 2.24) is 9.80 Å². The number of piperazine rings is 1. The first kappa shape index (κ1) is 16.5. The maximum atomic E-state index is 12.5. The number of amides is 1. The van der Waals surface area contributed by atoms with Crippen molar-refractivity contribution in [3.05, 3.63) is 35.4 Å². The lowest BCUT2D eigenvalue weighted by atomic mass is 9.86. The van der Waals surface area contributed by atoms with Crippen LogP contribution < -0.4 is 0 Å². The van der Waals surface area contributed by atoms with Crippen LogP contribution in [-0.2, 0) is 5.41 Å². The molecule has 22 heavy (non-hydrogen) atoms. The van der Waals surface area contributed by atoms with E-state index in [9.17, 15) is 4.79 Å². The Balaban J connectivity index is 1.94. The molecule has 118 valence electrons. The Bertz CT molecular complexity index is 543. The molecule has 0 spiro atoms. The van der Waals surface area contributed by atoms with E-state index in [1.54, 1.807) is 0 Å². The van der Waals surface area contributed by atoms with Gasteiger partial charge in [0.15, 0.2) is 0 Å². The predicted molar refractivity (Wildman–Crippen MR) is 87.7 cm³/mol. The SMILES string of the molecule is CC(C)(C)c1ccc(C(=O)N2CCN(CCC#N)CC2)cc1. The predicted octanol–water partition coefficient (Wildman–Crippen LogP) is 2.66. The molecule has 0 bridgehead atoms. The summed E-state index contributed by atoms with van der Waals surface area (Å²) in [7, 11) is 0. The summed E-state index contributed by atoms with van der Waals surface area (Å²) < 4.78 is 0. The van der Waals surface area contributed by atoms with E-state index in [1.807, 2.05) is 17.0 Å². The van der Waals surface area contributed by atoms with Crippen molar-refractivity contribution in [2.75, 3.05) is 32.7 Å². The van der Waals surface area contributed by atoms with E-state index in [0.29, 0.717) is 6.42 Å². The molecule has 1 amide bonds. The third kappa shape index (κ3) is 4.08. The Morgan fingerprint density at radius 1 is 1.14 bits per heavy atom. The number of carbonyl (C=O) groups is 1. The molecule has 1 aromatic carbocycles. The molecule has 1 saturated heterocycles. The molecule has 0 radical (unpaired) electrons. The first-order valence-corrected chi connectivity index (χ1v) is 7.91. The van der Waals surface area contributed by atoms with Crippen LogP contribution in [0.5, 0.6) is 0 Å². The molecule has 4 heteroatoms. The van der Waals surface area contributed by atoms with Crippen molar-refractivity contribution >= 4 is 5.91 Å². The average Bonchev–Trinajstić information content (AvgIpc) is 2.52. The number of benzene rings is 1. The molecule has 1 aliphatic heterocycles. The highest BCUT2D eigenvalue weighted by atomic mass is 16.2. The summed E-state index contributed by atoms with van der Waals surface area (Å²) in [6, 6.07) is 10.1. The summed E-state index contributed by atoms with van der Waals surface area (Å²) in [6.45, 7) is 10.5. The second kappa shape index (κ2) is 6.93. The maximum absolute atomic E-state index is 12.5. The van der Waals surface area contributed by atoms with Crippen LogP contribution in [-0.4, -0.2) is 48.4 Å². The number of nitrogens with zero attached hydrogens (tertiary/aromatic N) is 3. The van der Waals surface area contributed by atoms with Crippen molar-refractivity contribution < 1.29 is 4.79 Å². The number of hydrogen-bond acceptors (Lipinski definition) is 3. The monoisotopic (exact) mass is 299 g/mol. The summed E-state index contributed by atoms with van der Waals surface area (Å²) >= 11 is 0. The van der Waals surface area contributed by atoms with Gasteiger partial charge in [-0.15, -0.1) is 0 Å². The number of rotatable bonds is 3. The zero-order chi connectivity index (χ0) is 16.2. The third-order valence-corrected chi connectivity index (χ3v) is 4.20. The van der Waals surface area contributed by atoms with Gasteiger partial charge in [0.1, 0.15) is 0 Å². The molecule has 0 atom stereocenters. The lowest BCUT2D eigenvalue weighted by Crippen LogP contribution is -2.48. The van der Waals surface area contributed by atoms with Gasteiger partial charge >= 0.3 is 0 Å². The van der Waals surface area contributed by atoms with Crippen molar-refractivity contribution in [3.8, 4) is 6.07 Å². The third-order valence-electron chi connectivity index (χ3n) is 4.20. The Labute approximate surface area is 133 Å². The van der Waals surface area contributed by atoms with Gasteiger partial charge in [-0.2, -0.15) is 5.26 Å². The summed E-state index contributed by atoms with van der Waals surface area (Å²) in [5.41, 5.74) is 2.11. The number of nitriles is 1. The molecule has 0 unspecified atom stereocenters. The molecule has 0 N–H and O–H groups in total. The molecule has 0 aliphatic carbocycles. The Morgan fingerprint density at radius 3 is 2.23 bits per heavy atom. The van der Waals surface area contributed by atoms with Crippen LogP contribution in [0, 0.1) is 11.3 Å². The van der Waals surface area contributed by atoms with Crippen molar-refractivity contribution in [2.45, 2.75) is 32.6 Å². The van der Waals surface area contributed by atoms with E-state index >= 15 is 0 Å². The summed E-state index contributed by atoms with van der Waals surface area (Å²) in [4.78, 5) is 16.7. The molecule has 1 aromatic rings. The summed E-state index contributed by atoms with van der Waals surface area (Å²) in [5, 5.41) is 8.62. The minimum absolute atomic E-state index is 0.105. The molecule has 1 aliphatic rings. The fourth-order valence-corrected chi connectivity index (χ4v) is 2.68. The normalized spacial score (nSPS) is 16.4. The summed E-state index contributed by atoms with van der Waals surface area (Å²) in [6.07, 6.45) is 0.558. The maximum Gasteiger partial charge on any atom is 0.253 e. The summed E-state index contributed by atoms with van der Waals surface area (Å²) in [5.74, 6) is 0.111. The first-order chi connectivity index (χ1) is 10.4. The smallest absolute Gasteiger partial charge is 0.253 e. The van der Waals surface area contributed by atoms with E-state index in [0.717, 1.165) is 38.3 Å². The van der Waals surface area contributed by atoms with E-state index < -0.39 is 0 Å². The minimum Gasteiger partial charge on any atom is -0.336 e. The molecular formula is C18H25N3O. The van der Waals surface area contributed by atoms with Gasteiger partial charge in [-0.3, -0.25) is 9.69 Å². The van der Waals surface area contributed by atoms with Crippen LogP contribution in [0.15, 0.2) is 24.3 Å². The van der Waals surface area contributed by atoms with Gasteiger partial charge in [0, 0.05) is 44.7 Å². The second-order valence-corrected chi connectivity index (χ2v) is 6.87. The molecule has 1 fully saturated rings. The van der Waals surface area contributed by atoms with E-state index in [1.165, 1.54) is 5.56 Å². The van der Waals surface area contributed by atoms with Gasteiger partial charge in [-0.25, -0.2) is 0 Å². The zero-order valence-electron chi connectivity index (χ0n) is 13.8. The van der Waals surface area contributed by atoms with E-state index in [-0.39, 0.29) is 11.3 Å². The lowest BCUT2D eigenvalue weighted by Gasteiger charge is -2.34. The van der Waals surface area contributed by atoms with Crippen LogP contribution in [0.4, 0.5) is 0 Å². The van der Waals surface area contributed by atoms with Crippen molar-refractivity contribution in [1.29, 1.82) is 5.26 Å². The first-order valence-electron chi connectivity index (χ1n) is 7.91. The quantitative estimate of drug-likeness (QED) is 0.862. The largest absolute Gasteiger partial charge is 0.336 e. The second-order valence-electron chi connectivity index (χ2n) is 6.87. The Hall–Kier alpha value is -1.86. The Kier molecular flexibility index (Phi) is 5.20. The number of hydrogen-bond donors (Lipinski definition) is 0. The van der Waals surface area contributed by atoms with Crippen molar-refractivity contribution in [3.63, 3.8) is 0 Å². The highest BCUT2D eigenvalue weighted by molar-refractivity contribution is 5.94. The van der Waals surface area contributed by atoms with Gasteiger partial charge in [0.2, 0.25) is 0 Å². The molecule has 4 nitrogen and oxygen atoms in total. The average molecular weight is 299 g/mol. The standard InChI is InChI=1S/C18H25N3O/c1-18(2,3)16-7-5-15(6-8-16)17(22)21-13-11-20(12-14-21)10-4-9-19/h5-8H,4,10-14H2,1-3H3. The minimum atomic E-state index is 0.105. The molecular weight excluding hydrogens is 274 g/mol. The van der Waals surface area contributed by atoms with Gasteiger partial charge in [-0.1, -0.05) is 32.9 Å². The van der Waals surface area contributed by atoms with Gasteiger partial charge in [-0.05, 0) is 23.1 Å². The fourth-order valence-electron chi connectivity index (χ4n) is 2.68. The van der Waals surface area contributed by atoms with Crippen LogP contribution in [0.3, 0.4) is 0 Å². The van der Waals surface area contributed by atoms with Crippen molar-refractivity contribution in [2.24, 2.45) is 0 Å². The molecule has 1 heterocycles. The van der Waals surface area contributed by atoms with Crippen LogP contribution in [0.2, 0.25) is 0 Å². The van der Waals surface area contributed by atoms with Crippen LogP contribution in [0.25, 0.3) is 0 Å². The van der Waals surface area contributed by atoms with Crippen LogP contribution in [0.1, 0.15) is 43.1 Å². The molecule has 0 aromatic heterocycles. The van der Waals surface area contributed by atoms with Gasteiger partial charge in [0.05, 0.1) is 6.07 Å².